The van der Waals surface area contributed by atoms with Crippen molar-refractivity contribution < 1.29 is 4.79 Å². The molecule has 0 spiro atoms. The summed E-state index contributed by atoms with van der Waals surface area (Å²) in [6, 6.07) is 14.4. The van der Waals surface area contributed by atoms with Crippen LogP contribution in [0.3, 0.4) is 0 Å². The molecule has 0 bridgehead atoms. The maximum Gasteiger partial charge on any atom is 0.269 e. The molecule has 1 amide bonds. The number of para-hydroxylation sites is 1. The van der Waals surface area contributed by atoms with Gasteiger partial charge in [-0.3, -0.25) is 19.3 Å². The lowest BCUT2D eigenvalue weighted by molar-refractivity contribution is -0.113. The fourth-order valence-electron chi connectivity index (χ4n) is 2.86. The molecule has 0 saturated heterocycles. The average molecular weight is 426 g/mol. The number of halogens is 1. The number of nitrogens with zero attached hydrogens (tertiary/aromatic N) is 3. The summed E-state index contributed by atoms with van der Waals surface area (Å²) >= 11 is 7.04. The fourth-order valence-corrected chi connectivity index (χ4v) is 3.78. The molecule has 9 heteroatoms. The molecule has 2 heterocycles. The molecule has 0 fully saturated rings. The molecular weight excluding hydrogens is 410 g/mol. The predicted molar refractivity (Wildman–Crippen MR) is 115 cm³/mol. The van der Waals surface area contributed by atoms with Gasteiger partial charge in [0.25, 0.3) is 5.56 Å². The van der Waals surface area contributed by atoms with Crippen LogP contribution in [0.15, 0.2) is 64.7 Å². The van der Waals surface area contributed by atoms with E-state index in [0.717, 1.165) is 5.56 Å². The van der Waals surface area contributed by atoms with Crippen LogP contribution in [0, 0.1) is 6.92 Å². The Hall–Kier alpha value is -3.10. The quantitative estimate of drug-likeness (QED) is 0.374. The SMILES string of the molecule is Cc1ccccc1-n1c(SCC(=O)Nc2ccc(Cl)cc2)nc2[nH]ncc2c1=O. The van der Waals surface area contributed by atoms with Crippen LogP contribution in [0.4, 0.5) is 5.69 Å². The maximum absolute atomic E-state index is 13.1. The number of anilines is 1. The number of aromatic nitrogens is 4. The second-order valence-electron chi connectivity index (χ2n) is 6.30. The van der Waals surface area contributed by atoms with E-state index >= 15 is 0 Å². The van der Waals surface area contributed by atoms with Gasteiger partial charge >= 0.3 is 0 Å². The number of carbonyl (C=O) groups is 1. The van der Waals surface area contributed by atoms with E-state index in [4.69, 9.17) is 11.6 Å². The molecule has 146 valence electrons. The summed E-state index contributed by atoms with van der Waals surface area (Å²) in [7, 11) is 0. The summed E-state index contributed by atoms with van der Waals surface area (Å²) in [5.74, 6) is -0.131. The second-order valence-corrected chi connectivity index (χ2v) is 7.68. The Bertz CT molecular complexity index is 1250. The maximum atomic E-state index is 13.1. The number of fused-ring (bicyclic) bond motifs is 1. The topological polar surface area (TPSA) is 92.7 Å². The number of hydrogen-bond acceptors (Lipinski definition) is 5. The van der Waals surface area contributed by atoms with E-state index in [1.807, 2.05) is 31.2 Å². The molecule has 4 rings (SSSR count). The van der Waals surface area contributed by atoms with Gasteiger partial charge < -0.3 is 5.32 Å². The molecule has 2 N–H and O–H groups in total. The van der Waals surface area contributed by atoms with Gasteiger partial charge in [-0.25, -0.2) is 4.98 Å². The van der Waals surface area contributed by atoms with Gasteiger partial charge in [-0.2, -0.15) is 5.10 Å². The van der Waals surface area contributed by atoms with Crippen molar-refractivity contribution in [2.75, 3.05) is 11.1 Å². The Morgan fingerprint density at radius 2 is 1.97 bits per heavy atom. The number of nitrogens with one attached hydrogen (secondary N) is 2. The fraction of sp³-hybridized carbons (Fsp3) is 0.100. The summed E-state index contributed by atoms with van der Waals surface area (Å²) in [5, 5.41) is 10.8. The molecule has 0 aliphatic carbocycles. The van der Waals surface area contributed by atoms with Crippen LogP contribution in [0.2, 0.25) is 5.02 Å². The largest absolute Gasteiger partial charge is 0.325 e. The van der Waals surface area contributed by atoms with E-state index in [0.29, 0.717) is 32.6 Å². The summed E-state index contributed by atoms with van der Waals surface area (Å²) in [4.78, 5) is 30.0. The molecule has 2 aromatic heterocycles. The average Bonchev–Trinajstić information content (AvgIpc) is 3.18. The highest BCUT2D eigenvalue weighted by atomic mass is 35.5. The molecule has 0 aliphatic rings. The lowest BCUT2D eigenvalue weighted by atomic mass is 10.2. The van der Waals surface area contributed by atoms with E-state index in [1.54, 1.807) is 24.3 Å². The molecule has 7 nitrogen and oxygen atoms in total. The molecule has 4 aromatic rings. The van der Waals surface area contributed by atoms with Crippen LogP contribution in [-0.2, 0) is 4.79 Å². The van der Waals surface area contributed by atoms with E-state index < -0.39 is 0 Å². The minimum absolute atomic E-state index is 0.0839. The number of hydrogen-bond donors (Lipinski definition) is 2. The van der Waals surface area contributed by atoms with Gasteiger partial charge in [0.05, 0.1) is 17.6 Å². The minimum atomic E-state index is -0.237. The van der Waals surface area contributed by atoms with Gasteiger partial charge in [0.15, 0.2) is 10.8 Å². The Morgan fingerprint density at radius 1 is 1.21 bits per heavy atom. The van der Waals surface area contributed by atoms with E-state index in [-0.39, 0.29) is 17.2 Å². The highest BCUT2D eigenvalue weighted by Crippen LogP contribution is 2.23. The van der Waals surface area contributed by atoms with Crippen molar-refractivity contribution >= 4 is 46.0 Å². The van der Waals surface area contributed by atoms with E-state index in [9.17, 15) is 9.59 Å². The first-order valence-electron chi connectivity index (χ1n) is 8.73. The predicted octanol–water partition coefficient (Wildman–Crippen LogP) is 3.80. The number of amides is 1. The Balaban J connectivity index is 1.65. The molecule has 29 heavy (non-hydrogen) atoms. The first-order valence-corrected chi connectivity index (χ1v) is 10.1. The molecule has 0 unspecified atom stereocenters. The van der Waals surface area contributed by atoms with Crippen molar-refractivity contribution in [2.24, 2.45) is 0 Å². The normalized spacial score (nSPS) is 11.0. The number of rotatable bonds is 5. The number of aromatic amines is 1. The number of benzene rings is 2. The zero-order valence-electron chi connectivity index (χ0n) is 15.3. The molecule has 0 aliphatic heterocycles. The van der Waals surface area contributed by atoms with E-state index in [1.165, 1.54) is 22.5 Å². The molecule has 0 radical (unpaired) electrons. The Labute approximate surface area is 175 Å². The summed E-state index contributed by atoms with van der Waals surface area (Å²) < 4.78 is 1.52. The number of carbonyl (C=O) groups excluding carboxylic acids is 1. The van der Waals surface area contributed by atoms with Crippen molar-refractivity contribution in [3.05, 3.63) is 75.7 Å². The summed E-state index contributed by atoms with van der Waals surface area (Å²) in [6.45, 7) is 1.92. The third-order valence-corrected chi connectivity index (χ3v) is 5.46. The lowest BCUT2D eigenvalue weighted by Gasteiger charge is -2.14. The monoisotopic (exact) mass is 425 g/mol. The highest BCUT2D eigenvalue weighted by Gasteiger charge is 2.17. The lowest BCUT2D eigenvalue weighted by Crippen LogP contribution is -2.23. The van der Waals surface area contributed by atoms with Crippen LogP contribution in [-0.4, -0.2) is 31.4 Å². The van der Waals surface area contributed by atoms with Crippen molar-refractivity contribution in [1.82, 2.24) is 19.7 Å². The smallest absolute Gasteiger partial charge is 0.269 e. The van der Waals surface area contributed by atoms with E-state index in [2.05, 4.69) is 20.5 Å². The third-order valence-electron chi connectivity index (χ3n) is 4.27. The van der Waals surface area contributed by atoms with Crippen molar-refractivity contribution in [1.29, 1.82) is 0 Å². The standard InChI is InChI=1S/C20H16ClN5O2S/c1-12-4-2-3-5-16(12)26-19(28)15-10-22-25-18(15)24-20(26)29-11-17(27)23-14-8-6-13(21)7-9-14/h2-10H,11H2,1H3,(H,22,25)(H,23,27). The van der Waals surface area contributed by atoms with Gasteiger partial charge in [0.2, 0.25) is 5.91 Å². The zero-order valence-corrected chi connectivity index (χ0v) is 16.9. The Morgan fingerprint density at radius 3 is 2.72 bits per heavy atom. The summed E-state index contributed by atoms with van der Waals surface area (Å²) in [5.41, 5.74) is 2.44. The van der Waals surface area contributed by atoms with Crippen LogP contribution in [0.1, 0.15) is 5.56 Å². The van der Waals surface area contributed by atoms with Gasteiger partial charge in [-0.15, -0.1) is 0 Å². The van der Waals surface area contributed by atoms with Gasteiger partial charge in [-0.05, 0) is 42.8 Å². The summed E-state index contributed by atoms with van der Waals surface area (Å²) in [6.07, 6.45) is 1.46. The van der Waals surface area contributed by atoms with Gasteiger partial charge in [0, 0.05) is 10.7 Å². The van der Waals surface area contributed by atoms with Gasteiger partial charge in [-0.1, -0.05) is 41.6 Å². The molecule has 0 saturated carbocycles. The highest BCUT2D eigenvalue weighted by molar-refractivity contribution is 7.99. The molecule has 0 atom stereocenters. The van der Waals surface area contributed by atoms with Crippen LogP contribution < -0.4 is 10.9 Å². The van der Waals surface area contributed by atoms with Crippen molar-refractivity contribution in [3.63, 3.8) is 0 Å². The van der Waals surface area contributed by atoms with Crippen molar-refractivity contribution in [2.45, 2.75) is 12.1 Å². The zero-order chi connectivity index (χ0) is 20.4. The Kier molecular flexibility index (Phi) is 5.37. The second kappa shape index (κ2) is 8.10. The van der Waals surface area contributed by atoms with Crippen LogP contribution in [0.5, 0.6) is 0 Å². The van der Waals surface area contributed by atoms with Crippen LogP contribution in [0.25, 0.3) is 16.7 Å². The number of aryl methyl sites for hydroxylation is 1. The number of thioether (sulfide) groups is 1. The third kappa shape index (κ3) is 4.03. The minimum Gasteiger partial charge on any atom is -0.325 e. The molecular formula is C20H16ClN5O2S. The first kappa shape index (κ1) is 19.2. The number of H-pyrrole nitrogens is 1. The first-order chi connectivity index (χ1) is 14.0. The molecule has 2 aromatic carbocycles. The van der Waals surface area contributed by atoms with Crippen LogP contribution >= 0.6 is 23.4 Å². The van der Waals surface area contributed by atoms with Crippen molar-refractivity contribution in [3.8, 4) is 5.69 Å². The van der Waals surface area contributed by atoms with Gasteiger partial charge in [0.1, 0.15) is 5.39 Å².